The first-order valence-corrected chi connectivity index (χ1v) is 6.11. The van der Waals surface area contributed by atoms with E-state index in [1.807, 2.05) is 37.1 Å². The molecule has 0 aliphatic heterocycles. The summed E-state index contributed by atoms with van der Waals surface area (Å²) < 4.78 is 0. The zero-order valence-corrected chi connectivity index (χ0v) is 10.9. The van der Waals surface area contributed by atoms with Crippen LogP contribution >= 0.6 is 11.3 Å². The van der Waals surface area contributed by atoms with Gasteiger partial charge in [0.25, 0.3) is 0 Å². The van der Waals surface area contributed by atoms with Crippen LogP contribution in [0.15, 0.2) is 24.3 Å². The molecule has 0 radical (unpaired) electrons. The van der Waals surface area contributed by atoms with E-state index in [4.69, 9.17) is 5.26 Å². The molecule has 2 rings (SSSR count). The predicted octanol–water partition coefficient (Wildman–Crippen LogP) is 3.40. The molecule has 0 spiro atoms. The fourth-order valence-corrected chi connectivity index (χ4v) is 2.39. The highest BCUT2D eigenvalue weighted by molar-refractivity contribution is 7.15. The largest absolute Gasteiger partial charge is 0.321 e. The molecule has 0 bridgehead atoms. The first kappa shape index (κ1) is 11.6. The van der Waals surface area contributed by atoms with Crippen molar-refractivity contribution in [3.63, 3.8) is 0 Å². The zero-order chi connectivity index (χ0) is 12.4. The highest BCUT2D eigenvalue weighted by Gasteiger charge is 2.10. The molecule has 4 heteroatoms. The SMILES string of the molecule is Cc1nc(N(C)c2cccc(C#N)c2)sc1C. The fraction of sp³-hybridized carbons (Fsp3) is 0.231. The van der Waals surface area contributed by atoms with Crippen LogP contribution < -0.4 is 4.90 Å². The van der Waals surface area contributed by atoms with Crippen molar-refractivity contribution in [2.24, 2.45) is 0 Å². The van der Waals surface area contributed by atoms with Crippen molar-refractivity contribution in [1.82, 2.24) is 4.98 Å². The van der Waals surface area contributed by atoms with Crippen LogP contribution in [0.5, 0.6) is 0 Å². The lowest BCUT2D eigenvalue weighted by Gasteiger charge is -2.15. The smallest absolute Gasteiger partial charge is 0.190 e. The number of benzene rings is 1. The van der Waals surface area contributed by atoms with Gasteiger partial charge < -0.3 is 4.90 Å². The molecule has 0 amide bonds. The minimum Gasteiger partial charge on any atom is -0.321 e. The number of aryl methyl sites for hydroxylation is 2. The zero-order valence-electron chi connectivity index (χ0n) is 10.1. The molecule has 0 aliphatic rings. The molecule has 0 fully saturated rings. The third-order valence-electron chi connectivity index (χ3n) is 2.67. The number of nitriles is 1. The van der Waals surface area contributed by atoms with Crippen molar-refractivity contribution in [3.8, 4) is 6.07 Å². The first-order chi connectivity index (χ1) is 8.11. The Bertz CT molecular complexity index is 561. The Balaban J connectivity index is 2.36. The average molecular weight is 243 g/mol. The van der Waals surface area contributed by atoms with Gasteiger partial charge >= 0.3 is 0 Å². The average Bonchev–Trinajstić information content (AvgIpc) is 2.69. The summed E-state index contributed by atoms with van der Waals surface area (Å²) in [6, 6.07) is 9.68. The molecule has 0 saturated carbocycles. The Labute approximate surface area is 105 Å². The van der Waals surface area contributed by atoms with E-state index in [9.17, 15) is 0 Å². The second-order valence-electron chi connectivity index (χ2n) is 3.86. The van der Waals surface area contributed by atoms with E-state index in [0.29, 0.717) is 5.56 Å². The number of hydrogen-bond acceptors (Lipinski definition) is 4. The lowest BCUT2D eigenvalue weighted by atomic mass is 10.2. The van der Waals surface area contributed by atoms with E-state index in [-0.39, 0.29) is 0 Å². The second kappa shape index (κ2) is 4.56. The Kier molecular flexibility index (Phi) is 3.12. The van der Waals surface area contributed by atoms with Crippen LogP contribution in [-0.4, -0.2) is 12.0 Å². The topological polar surface area (TPSA) is 39.9 Å². The van der Waals surface area contributed by atoms with E-state index in [1.165, 1.54) is 4.88 Å². The maximum Gasteiger partial charge on any atom is 0.190 e. The summed E-state index contributed by atoms with van der Waals surface area (Å²) in [4.78, 5) is 7.73. The summed E-state index contributed by atoms with van der Waals surface area (Å²) >= 11 is 1.66. The Morgan fingerprint density at radius 3 is 2.71 bits per heavy atom. The van der Waals surface area contributed by atoms with Gasteiger partial charge in [-0.15, -0.1) is 11.3 Å². The van der Waals surface area contributed by atoms with Gasteiger partial charge in [0.1, 0.15) is 0 Å². The van der Waals surface area contributed by atoms with Gasteiger partial charge in [-0.2, -0.15) is 5.26 Å². The Morgan fingerprint density at radius 1 is 1.35 bits per heavy atom. The van der Waals surface area contributed by atoms with Crippen molar-refractivity contribution >= 4 is 22.2 Å². The molecule has 0 N–H and O–H groups in total. The van der Waals surface area contributed by atoms with Crippen molar-refractivity contribution in [2.75, 3.05) is 11.9 Å². The molecule has 2 aromatic rings. The van der Waals surface area contributed by atoms with E-state index < -0.39 is 0 Å². The van der Waals surface area contributed by atoms with Gasteiger partial charge in [0.05, 0.1) is 17.3 Å². The molecule has 3 nitrogen and oxygen atoms in total. The molecule has 17 heavy (non-hydrogen) atoms. The summed E-state index contributed by atoms with van der Waals surface area (Å²) in [5, 5.41) is 9.83. The predicted molar refractivity (Wildman–Crippen MR) is 70.8 cm³/mol. The molecule has 0 aliphatic carbocycles. The van der Waals surface area contributed by atoms with Crippen molar-refractivity contribution in [1.29, 1.82) is 5.26 Å². The van der Waals surface area contributed by atoms with Crippen molar-refractivity contribution in [3.05, 3.63) is 40.4 Å². The van der Waals surface area contributed by atoms with Crippen LogP contribution in [0.2, 0.25) is 0 Å². The van der Waals surface area contributed by atoms with E-state index in [2.05, 4.69) is 18.0 Å². The van der Waals surface area contributed by atoms with Gasteiger partial charge in [-0.1, -0.05) is 6.07 Å². The molecule has 1 aromatic heterocycles. The highest BCUT2D eigenvalue weighted by Crippen LogP contribution is 2.29. The number of hydrogen-bond donors (Lipinski definition) is 0. The van der Waals surface area contributed by atoms with Gasteiger partial charge in [0.15, 0.2) is 5.13 Å². The Hall–Kier alpha value is -1.86. The summed E-state index contributed by atoms with van der Waals surface area (Å²) in [6.07, 6.45) is 0. The number of anilines is 2. The van der Waals surface area contributed by atoms with Crippen molar-refractivity contribution in [2.45, 2.75) is 13.8 Å². The second-order valence-corrected chi connectivity index (χ2v) is 5.04. The van der Waals surface area contributed by atoms with E-state index in [1.54, 1.807) is 17.4 Å². The monoisotopic (exact) mass is 243 g/mol. The third-order valence-corrected chi connectivity index (χ3v) is 3.82. The quantitative estimate of drug-likeness (QED) is 0.811. The summed E-state index contributed by atoms with van der Waals surface area (Å²) in [6.45, 7) is 4.07. The van der Waals surface area contributed by atoms with Gasteiger partial charge in [-0.3, -0.25) is 0 Å². The molecule has 0 atom stereocenters. The minimum absolute atomic E-state index is 0.666. The van der Waals surface area contributed by atoms with Crippen LogP contribution in [0.3, 0.4) is 0 Å². The summed E-state index contributed by atoms with van der Waals surface area (Å²) in [7, 11) is 1.97. The fourth-order valence-electron chi connectivity index (χ4n) is 1.49. The number of nitrogens with zero attached hydrogens (tertiary/aromatic N) is 3. The maximum atomic E-state index is 8.88. The lowest BCUT2D eigenvalue weighted by Crippen LogP contribution is -2.09. The highest BCUT2D eigenvalue weighted by atomic mass is 32.1. The first-order valence-electron chi connectivity index (χ1n) is 5.29. The molecule has 0 saturated heterocycles. The van der Waals surface area contributed by atoms with Gasteiger partial charge in [-0.25, -0.2) is 4.98 Å². The maximum absolute atomic E-state index is 8.88. The molecule has 0 unspecified atom stereocenters. The van der Waals surface area contributed by atoms with Gasteiger partial charge in [0.2, 0.25) is 0 Å². The number of thiazole rings is 1. The number of rotatable bonds is 2. The molecular weight excluding hydrogens is 230 g/mol. The van der Waals surface area contributed by atoms with E-state index >= 15 is 0 Å². The van der Waals surface area contributed by atoms with Crippen LogP contribution in [0, 0.1) is 25.2 Å². The van der Waals surface area contributed by atoms with Gasteiger partial charge in [0, 0.05) is 17.6 Å². The summed E-state index contributed by atoms with van der Waals surface area (Å²) in [5.74, 6) is 0. The third kappa shape index (κ3) is 2.29. The molecule has 1 heterocycles. The molecule has 1 aromatic carbocycles. The standard InChI is InChI=1S/C13H13N3S/c1-9-10(2)17-13(15-9)16(3)12-6-4-5-11(7-12)8-14/h4-7H,1-3H3. The minimum atomic E-state index is 0.666. The van der Waals surface area contributed by atoms with Crippen LogP contribution in [0.1, 0.15) is 16.1 Å². The van der Waals surface area contributed by atoms with E-state index in [0.717, 1.165) is 16.5 Å². The van der Waals surface area contributed by atoms with Crippen LogP contribution in [-0.2, 0) is 0 Å². The number of aromatic nitrogens is 1. The van der Waals surface area contributed by atoms with Crippen LogP contribution in [0.4, 0.5) is 10.8 Å². The molecule has 86 valence electrons. The van der Waals surface area contributed by atoms with Crippen molar-refractivity contribution < 1.29 is 0 Å². The lowest BCUT2D eigenvalue weighted by molar-refractivity contribution is 1.13. The Morgan fingerprint density at radius 2 is 2.12 bits per heavy atom. The van der Waals surface area contributed by atoms with Crippen LogP contribution in [0.25, 0.3) is 0 Å². The van der Waals surface area contributed by atoms with Gasteiger partial charge in [-0.05, 0) is 32.0 Å². The molecular formula is C13H13N3S. The normalized spacial score (nSPS) is 10.0. The summed E-state index contributed by atoms with van der Waals surface area (Å²) in [5.41, 5.74) is 2.71.